The zero-order valence-electron chi connectivity index (χ0n) is 9.87. The van der Waals surface area contributed by atoms with Gasteiger partial charge >= 0.3 is 5.97 Å². The molecule has 2 N–H and O–H groups in total. The van der Waals surface area contributed by atoms with Gasteiger partial charge in [0.05, 0.1) is 11.5 Å². The van der Waals surface area contributed by atoms with Crippen molar-refractivity contribution in [1.29, 1.82) is 0 Å². The molecule has 0 radical (unpaired) electrons. The van der Waals surface area contributed by atoms with E-state index in [-0.39, 0.29) is 22.9 Å². The molecule has 0 bridgehead atoms. The summed E-state index contributed by atoms with van der Waals surface area (Å²) in [5, 5.41) is 11.3. The van der Waals surface area contributed by atoms with Crippen molar-refractivity contribution in [2.24, 2.45) is 0 Å². The Morgan fingerprint density at radius 3 is 2.58 bits per heavy atom. The first-order valence-corrected chi connectivity index (χ1v) is 7.41. The van der Waals surface area contributed by atoms with E-state index in [1.807, 2.05) is 0 Å². The maximum atomic E-state index is 11.8. The number of amides is 1. The highest BCUT2D eigenvalue weighted by molar-refractivity contribution is 7.91. The molecule has 1 aliphatic rings. The van der Waals surface area contributed by atoms with Gasteiger partial charge in [-0.3, -0.25) is 4.79 Å². The molecule has 2 heterocycles. The second kappa shape index (κ2) is 4.96. The molecule has 8 heteroatoms. The SMILES string of the molecule is O=C(O)c1cccc(C(=O)N[C@H]2CCS(=O)(=O)C2)n1. The van der Waals surface area contributed by atoms with Crippen LogP contribution in [0, 0.1) is 0 Å². The molecule has 0 saturated carbocycles. The first kappa shape index (κ1) is 13.5. The Bertz CT molecular complexity index is 626. The molecule has 1 saturated heterocycles. The van der Waals surface area contributed by atoms with Gasteiger partial charge in [-0.25, -0.2) is 18.2 Å². The zero-order valence-corrected chi connectivity index (χ0v) is 10.7. The number of nitrogens with one attached hydrogen (secondary N) is 1. The number of carboxylic acid groups (broad SMARTS) is 1. The average molecular weight is 284 g/mol. The number of carboxylic acids is 1. The molecule has 7 nitrogen and oxygen atoms in total. The Morgan fingerprint density at radius 1 is 1.32 bits per heavy atom. The normalized spacial score (nSPS) is 20.9. The van der Waals surface area contributed by atoms with Gasteiger partial charge in [0.25, 0.3) is 5.91 Å². The number of rotatable bonds is 3. The van der Waals surface area contributed by atoms with Gasteiger partial charge in [0.2, 0.25) is 0 Å². The maximum absolute atomic E-state index is 11.8. The summed E-state index contributed by atoms with van der Waals surface area (Å²) in [5.74, 6) is -1.82. The van der Waals surface area contributed by atoms with Crippen molar-refractivity contribution >= 4 is 21.7 Å². The predicted molar refractivity (Wildman–Crippen MR) is 65.7 cm³/mol. The summed E-state index contributed by atoms with van der Waals surface area (Å²) in [6, 6.07) is 3.63. The van der Waals surface area contributed by atoms with Crippen molar-refractivity contribution in [3.8, 4) is 0 Å². The minimum Gasteiger partial charge on any atom is -0.477 e. The van der Waals surface area contributed by atoms with Crippen molar-refractivity contribution in [3.63, 3.8) is 0 Å². The van der Waals surface area contributed by atoms with E-state index in [9.17, 15) is 18.0 Å². The van der Waals surface area contributed by atoms with E-state index in [0.717, 1.165) is 0 Å². The lowest BCUT2D eigenvalue weighted by molar-refractivity contribution is 0.0690. The third-order valence-corrected chi connectivity index (χ3v) is 4.54. The number of nitrogens with zero attached hydrogens (tertiary/aromatic N) is 1. The van der Waals surface area contributed by atoms with Crippen LogP contribution in [-0.2, 0) is 9.84 Å². The van der Waals surface area contributed by atoms with E-state index in [1.165, 1.54) is 18.2 Å². The van der Waals surface area contributed by atoms with Gasteiger partial charge in [-0.2, -0.15) is 0 Å². The highest BCUT2D eigenvalue weighted by Crippen LogP contribution is 2.12. The van der Waals surface area contributed by atoms with Crippen LogP contribution < -0.4 is 5.32 Å². The molecule has 102 valence electrons. The summed E-state index contributed by atoms with van der Waals surface area (Å²) >= 11 is 0. The van der Waals surface area contributed by atoms with Gasteiger partial charge in [-0.1, -0.05) is 6.07 Å². The van der Waals surface area contributed by atoms with Crippen LogP contribution >= 0.6 is 0 Å². The molecule has 2 rings (SSSR count). The van der Waals surface area contributed by atoms with Gasteiger partial charge in [0.1, 0.15) is 11.4 Å². The van der Waals surface area contributed by atoms with Gasteiger partial charge in [-0.05, 0) is 18.6 Å². The summed E-state index contributed by atoms with van der Waals surface area (Å²) in [7, 11) is -3.07. The standard InChI is InChI=1S/C11H12N2O5S/c14-10(12-7-4-5-19(17,18)6-7)8-2-1-3-9(13-8)11(15)16/h1-3,7H,4-6H2,(H,12,14)(H,15,16)/t7-/m0/s1. The van der Waals surface area contributed by atoms with E-state index in [4.69, 9.17) is 5.11 Å². The largest absolute Gasteiger partial charge is 0.477 e. The molecule has 1 amide bonds. The number of aromatic nitrogens is 1. The van der Waals surface area contributed by atoms with Crippen LogP contribution in [0.3, 0.4) is 0 Å². The van der Waals surface area contributed by atoms with Crippen LogP contribution in [0.25, 0.3) is 0 Å². The van der Waals surface area contributed by atoms with E-state index >= 15 is 0 Å². The molecule has 19 heavy (non-hydrogen) atoms. The predicted octanol–water partition coefficient (Wildman–Crippen LogP) is -0.303. The summed E-state index contributed by atoms with van der Waals surface area (Å²) in [5.41, 5.74) is -0.268. The summed E-state index contributed by atoms with van der Waals surface area (Å²) < 4.78 is 22.5. The number of hydrogen-bond donors (Lipinski definition) is 2. The number of aromatic carboxylic acids is 1. The Labute approximate surface area is 109 Å². The lowest BCUT2D eigenvalue weighted by Gasteiger charge is -2.10. The second-order valence-electron chi connectivity index (χ2n) is 4.29. The van der Waals surface area contributed by atoms with Crippen LogP contribution in [0.15, 0.2) is 18.2 Å². The van der Waals surface area contributed by atoms with E-state index in [1.54, 1.807) is 0 Å². The smallest absolute Gasteiger partial charge is 0.354 e. The van der Waals surface area contributed by atoms with E-state index < -0.39 is 27.8 Å². The van der Waals surface area contributed by atoms with E-state index in [2.05, 4.69) is 10.3 Å². The Morgan fingerprint density at radius 2 is 2.00 bits per heavy atom. The number of carbonyl (C=O) groups excluding carboxylic acids is 1. The number of sulfone groups is 1. The summed E-state index contributed by atoms with van der Waals surface area (Å²) in [6.07, 6.45) is 0.368. The number of hydrogen-bond acceptors (Lipinski definition) is 5. The maximum Gasteiger partial charge on any atom is 0.354 e. The molecular formula is C11H12N2O5S. The van der Waals surface area contributed by atoms with Gasteiger partial charge in [0.15, 0.2) is 9.84 Å². The first-order chi connectivity index (χ1) is 8.87. The zero-order chi connectivity index (χ0) is 14.0. The lowest BCUT2D eigenvalue weighted by Crippen LogP contribution is -2.36. The molecule has 0 aliphatic carbocycles. The molecule has 1 aliphatic heterocycles. The molecule has 0 aromatic carbocycles. The van der Waals surface area contributed by atoms with E-state index in [0.29, 0.717) is 6.42 Å². The minimum atomic E-state index is -3.07. The van der Waals surface area contributed by atoms with Crippen LogP contribution in [0.2, 0.25) is 0 Å². The fraction of sp³-hybridized carbons (Fsp3) is 0.364. The summed E-state index contributed by atoms with van der Waals surface area (Å²) in [6.45, 7) is 0. The Kier molecular flexibility index (Phi) is 3.52. The summed E-state index contributed by atoms with van der Waals surface area (Å²) in [4.78, 5) is 26.2. The van der Waals surface area contributed by atoms with Crippen LogP contribution in [0.1, 0.15) is 27.4 Å². The highest BCUT2D eigenvalue weighted by atomic mass is 32.2. The molecule has 1 atom stereocenters. The molecule has 1 aromatic heterocycles. The third kappa shape index (κ3) is 3.28. The fourth-order valence-electron chi connectivity index (χ4n) is 1.85. The number of carbonyl (C=O) groups is 2. The third-order valence-electron chi connectivity index (χ3n) is 2.77. The van der Waals surface area contributed by atoms with Gasteiger partial charge < -0.3 is 10.4 Å². The van der Waals surface area contributed by atoms with Gasteiger partial charge in [-0.15, -0.1) is 0 Å². The second-order valence-corrected chi connectivity index (χ2v) is 6.52. The molecule has 0 unspecified atom stereocenters. The van der Waals surface area contributed by atoms with Crippen molar-refractivity contribution in [2.45, 2.75) is 12.5 Å². The lowest BCUT2D eigenvalue weighted by atomic mass is 10.2. The average Bonchev–Trinajstić information content (AvgIpc) is 2.68. The van der Waals surface area contributed by atoms with Crippen molar-refractivity contribution in [1.82, 2.24) is 10.3 Å². The van der Waals surface area contributed by atoms with Gasteiger partial charge in [0, 0.05) is 6.04 Å². The van der Waals surface area contributed by atoms with Crippen LogP contribution in [0.5, 0.6) is 0 Å². The van der Waals surface area contributed by atoms with Crippen molar-refractivity contribution < 1.29 is 23.1 Å². The monoisotopic (exact) mass is 284 g/mol. The topological polar surface area (TPSA) is 113 Å². The fourth-order valence-corrected chi connectivity index (χ4v) is 3.52. The number of pyridine rings is 1. The molecular weight excluding hydrogens is 272 g/mol. The molecule has 0 spiro atoms. The molecule has 1 fully saturated rings. The highest BCUT2D eigenvalue weighted by Gasteiger charge is 2.29. The molecule has 1 aromatic rings. The minimum absolute atomic E-state index is 0.0378. The Hall–Kier alpha value is -1.96. The van der Waals surface area contributed by atoms with Crippen LogP contribution in [-0.4, -0.2) is 47.9 Å². The van der Waals surface area contributed by atoms with Crippen LogP contribution in [0.4, 0.5) is 0 Å². The van der Waals surface area contributed by atoms with Crippen molar-refractivity contribution in [3.05, 3.63) is 29.6 Å². The quantitative estimate of drug-likeness (QED) is 0.787. The first-order valence-electron chi connectivity index (χ1n) is 5.59. The van der Waals surface area contributed by atoms with Crippen molar-refractivity contribution in [2.75, 3.05) is 11.5 Å². The Balaban J connectivity index is 2.08.